The Balaban J connectivity index is 2.23. The minimum Gasteiger partial charge on any atom is -0.492 e. The van der Waals surface area contributed by atoms with Crippen molar-refractivity contribution in [1.82, 2.24) is 15.3 Å². The Labute approximate surface area is 170 Å². The van der Waals surface area contributed by atoms with E-state index < -0.39 is 5.92 Å². The van der Waals surface area contributed by atoms with Gasteiger partial charge in [0.25, 0.3) is 0 Å². The second-order valence-corrected chi connectivity index (χ2v) is 7.23. The fourth-order valence-corrected chi connectivity index (χ4v) is 3.56. The summed E-state index contributed by atoms with van der Waals surface area (Å²) in [6.45, 7) is 6.36. The van der Waals surface area contributed by atoms with Gasteiger partial charge in [-0.25, -0.2) is 4.98 Å². The summed E-state index contributed by atoms with van der Waals surface area (Å²) in [4.78, 5) is 20.6. The lowest BCUT2D eigenvalue weighted by atomic mass is 9.97. The van der Waals surface area contributed by atoms with Gasteiger partial charge in [-0.3, -0.25) is 9.78 Å². The molecule has 0 fully saturated rings. The van der Waals surface area contributed by atoms with E-state index >= 15 is 0 Å². The van der Waals surface area contributed by atoms with Crippen LogP contribution in [-0.2, 0) is 11.3 Å². The molecule has 0 radical (unpaired) electrons. The molecule has 2 rings (SSSR count). The standard InChI is InChI=1S/C17H18Cl2IN3O2/c1-4-25-15-11(7-12(18)10(3)14(15)20)9(2)17(24)23-8-13-16(19)22-6-5-21-13/h5-7,9H,4,8H2,1-3H3,(H,23,24). The Bertz CT molecular complexity index is 787. The van der Waals surface area contributed by atoms with E-state index in [1.165, 1.54) is 12.4 Å². The maximum absolute atomic E-state index is 12.6. The first-order valence-corrected chi connectivity index (χ1v) is 9.54. The summed E-state index contributed by atoms with van der Waals surface area (Å²) < 4.78 is 6.68. The molecule has 0 saturated carbocycles. The molecule has 5 nitrogen and oxygen atoms in total. The largest absolute Gasteiger partial charge is 0.492 e. The Kier molecular flexibility index (Phi) is 7.27. The molecule has 1 heterocycles. The summed E-state index contributed by atoms with van der Waals surface area (Å²) in [5, 5.41) is 3.72. The van der Waals surface area contributed by atoms with Crippen molar-refractivity contribution >= 4 is 51.7 Å². The van der Waals surface area contributed by atoms with Crippen LogP contribution in [0.2, 0.25) is 10.2 Å². The van der Waals surface area contributed by atoms with Crippen molar-refractivity contribution in [3.63, 3.8) is 0 Å². The summed E-state index contributed by atoms with van der Waals surface area (Å²) >= 11 is 14.5. The van der Waals surface area contributed by atoms with Gasteiger partial charge in [-0.1, -0.05) is 23.2 Å². The van der Waals surface area contributed by atoms with E-state index in [2.05, 4.69) is 37.9 Å². The van der Waals surface area contributed by atoms with Crippen LogP contribution >= 0.6 is 45.8 Å². The molecule has 134 valence electrons. The second kappa shape index (κ2) is 9.00. The summed E-state index contributed by atoms with van der Waals surface area (Å²) in [7, 11) is 0. The zero-order chi connectivity index (χ0) is 18.6. The molecule has 0 aliphatic rings. The first kappa shape index (κ1) is 20.2. The highest BCUT2D eigenvalue weighted by Gasteiger charge is 2.23. The van der Waals surface area contributed by atoms with Crippen LogP contribution in [-0.4, -0.2) is 22.5 Å². The van der Waals surface area contributed by atoms with Gasteiger partial charge >= 0.3 is 0 Å². The van der Waals surface area contributed by atoms with Gasteiger partial charge < -0.3 is 10.1 Å². The summed E-state index contributed by atoms with van der Waals surface area (Å²) in [6, 6.07) is 1.80. The van der Waals surface area contributed by atoms with Crippen molar-refractivity contribution in [2.75, 3.05) is 6.61 Å². The van der Waals surface area contributed by atoms with E-state index in [4.69, 9.17) is 27.9 Å². The highest BCUT2D eigenvalue weighted by atomic mass is 127. The Morgan fingerprint density at radius 1 is 1.36 bits per heavy atom. The topological polar surface area (TPSA) is 64.1 Å². The zero-order valence-corrected chi connectivity index (χ0v) is 17.7. The molecule has 0 aliphatic heterocycles. The molecule has 0 spiro atoms. The summed E-state index contributed by atoms with van der Waals surface area (Å²) in [5.74, 6) is 0.0900. The smallest absolute Gasteiger partial charge is 0.227 e. The molecule has 1 amide bonds. The number of halogens is 3. The first-order chi connectivity index (χ1) is 11.9. The third kappa shape index (κ3) is 4.74. The number of carbonyl (C=O) groups is 1. The Morgan fingerprint density at radius 2 is 2.04 bits per heavy atom. The van der Waals surface area contributed by atoms with Gasteiger partial charge in [0.15, 0.2) is 5.15 Å². The van der Waals surface area contributed by atoms with Gasteiger partial charge in [0.2, 0.25) is 5.91 Å². The zero-order valence-electron chi connectivity index (χ0n) is 14.1. The number of rotatable bonds is 6. The van der Waals surface area contributed by atoms with Crippen molar-refractivity contribution in [1.29, 1.82) is 0 Å². The van der Waals surface area contributed by atoms with Crippen molar-refractivity contribution in [2.45, 2.75) is 33.2 Å². The van der Waals surface area contributed by atoms with Crippen LogP contribution in [0.15, 0.2) is 18.5 Å². The molecule has 1 aromatic carbocycles. The van der Waals surface area contributed by atoms with Gasteiger partial charge in [0, 0.05) is 23.0 Å². The van der Waals surface area contributed by atoms with Crippen LogP contribution in [0.1, 0.15) is 36.6 Å². The van der Waals surface area contributed by atoms with Crippen LogP contribution in [0.25, 0.3) is 0 Å². The number of benzene rings is 1. The van der Waals surface area contributed by atoms with E-state index in [-0.39, 0.29) is 17.6 Å². The quantitative estimate of drug-likeness (QED) is 0.601. The van der Waals surface area contributed by atoms with Crippen LogP contribution in [0.3, 0.4) is 0 Å². The number of aromatic nitrogens is 2. The molecule has 0 saturated heterocycles. The fourth-order valence-electron chi connectivity index (χ4n) is 2.26. The highest BCUT2D eigenvalue weighted by molar-refractivity contribution is 14.1. The third-order valence-corrected chi connectivity index (χ3v) is 5.74. The molecule has 0 aliphatic carbocycles. The van der Waals surface area contributed by atoms with E-state index in [1.807, 2.05) is 20.8 Å². The van der Waals surface area contributed by atoms with Gasteiger partial charge in [0.1, 0.15) is 5.75 Å². The van der Waals surface area contributed by atoms with E-state index in [1.54, 1.807) is 6.07 Å². The van der Waals surface area contributed by atoms with E-state index in [9.17, 15) is 4.79 Å². The minimum atomic E-state index is -0.441. The van der Waals surface area contributed by atoms with Gasteiger partial charge in [0.05, 0.1) is 28.3 Å². The molecule has 0 bridgehead atoms. The number of hydrogen-bond donors (Lipinski definition) is 1. The molecule has 1 aromatic heterocycles. The van der Waals surface area contributed by atoms with Crippen molar-refractivity contribution in [3.8, 4) is 5.75 Å². The van der Waals surface area contributed by atoms with Crippen molar-refractivity contribution in [3.05, 3.63) is 49.0 Å². The molecule has 1 N–H and O–H groups in total. The number of nitrogens with one attached hydrogen (secondary N) is 1. The normalized spacial score (nSPS) is 11.9. The molecule has 1 unspecified atom stereocenters. The lowest BCUT2D eigenvalue weighted by Gasteiger charge is -2.20. The molecule has 8 heteroatoms. The second-order valence-electron chi connectivity index (χ2n) is 5.38. The Hall–Kier alpha value is -1.12. The number of nitrogens with zero attached hydrogens (tertiary/aromatic N) is 2. The van der Waals surface area contributed by atoms with Crippen molar-refractivity contribution in [2.24, 2.45) is 0 Å². The highest BCUT2D eigenvalue weighted by Crippen LogP contribution is 2.37. The van der Waals surface area contributed by atoms with Crippen LogP contribution in [0.5, 0.6) is 5.75 Å². The number of ether oxygens (including phenoxy) is 1. The average Bonchev–Trinajstić information content (AvgIpc) is 2.60. The number of hydrogen-bond acceptors (Lipinski definition) is 4. The fraction of sp³-hybridized carbons (Fsp3) is 0.353. The maximum atomic E-state index is 12.6. The van der Waals surface area contributed by atoms with Crippen LogP contribution in [0.4, 0.5) is 0 Å². The first-order valence-electron chi connectivity index (χ1n) is 7.71. The molecule has 25 heavy (non-hydrogen) atoms. The van der Waals surface area contributed by atoms with E-state index in [0.29, 0.717) is 23.1 Å². The maximum Gasteiger partial charge on any atom is 0.227 e. The van der Waals surface area contributed by atoms with Gasteiger partial charge in [-0.05, 0) is 55.0 Å². The average molecular weight is 494 g/mol. The molecular formula is C17H18Cl2IN3O2. The number of carbonyl (C=O) groups excluding carboxylic acids is 1. The lowest BCUT2D eigenvalue weighted by molar-refractivity contribution is -0.122. The summed E-state index contributed by atoms with van der Waals surface area (Å²) in [5.41, 5.74) is 2.21. The minimum absolute atomic E-state index is 0.168. The molecule has 2 aromatic rings. The predicted molar refractivity (Wildman–Crippen MR) is 107 cm³/mol. The Morgan fingerprint density at radius 3 is 2.68 bits per heavy atom. The molecular weight excluding hydrogens is 476 g/mol. The summed E-state index contributed by atoms with van der Waals surface area (Å²) in [6.07, 6.45) is 3.03. The van der Waals surface area contributed by atoms with Crippen LogP contribution < -0.4 is 10.1 Å². The van der Waals surface area contributed by atoms with Gasteiger partial charge in [-0.2, -0.15) is 0 Å². The lowest BCUT2D eigenvalue weighted by Crippen LogP contribution is -2.28. The predicted octanol–water partition coefficient (Wildman–Crippen LogP) is 4.52. The SMILES string of the molecule is CCOc1c(C(C)C(=O)NCc2nccnc2Cl)cc(Cl)c(C)c1I. The number of amides is 1. The van der Waals surface area contributed by atoms with E-state index in [0.717, 1.165) is 14.7 Å². The third-order valence-electron chi connectivity index (χ3n) is 3.73. The van der Waals surface area contributed by atoms with Crippen molar-refractivity contribution < 1.29 is 9.53 Å². The molecule has 1 atom stereocenters. The van der Waals surface area contributed by atoms with Gasteiger partial charge in [-0.15, -0.1) is 0 Å². The van der Waals surface area contributed by atoms with Crippen LogP contribution in [0, 0.1) is 10.5 Å². The monoisotopic (exact) mass is 493 g/mol.